The minimum atomic E-state index is -0.524. The number of aromatic hydroxyl groups is 1. The van der Waals surface area contributed by atoms with Gasteiger partial charge in [-0.3, -0.25) is 0 Å². The maximum atomic E-state index is 12.5. The minimum absolute atomic E-state index is 0.115. The van der Waals surface area contributed by atoms with Crippen LogP contribution in [0.5, 0.6) is 5.75 Å². The van der Waals surface area contributed by atoms with Crippen molar-refractivity contribution in [1.29, 1.82) is 0 Å². The Bertz CT molecular complexity index is 214. The molecule has 1 N–H and O–H groups in total. The Balaban J connectivity index is 3.28. The normalized spacial score (nSPS) is 9.90. The molecular formula is C6H4BrFOS. The molecular weight excluding hydrogens is 219 g/mol. The SMILES string of the molecule is Oc1cc(F)c(S)cc1Br. The van der Waals surface area contributed by atoms with E-state index in [9.17, 15) is 4.39 Å². The zero-order valence-corrected chi connectivity index (χ0v) is 7.29. The molecule has 0 heterocycles. The number of phenolic OH excluding ortho intramolecular Hbond substituents is 1. The van der Waals surface area contributed by atoms with E-state index in [0.29, 0.717) is 4.47 Å². The first-order valence-electron chi connectivity index (χ1n) is 2.48. The highest BCUT2D eigenvalue weighted by Gasteiger charge is 2.02. The highest BCUT2D eigenvalue weighted by atomic mass is 79.9. The van der Waals surface area contributed by atoms with Crippen LogP contribution in [0.25, 0.3) is 0 Å². The standard InChI is InChI=1S/C6H4BrFOS/c7-3-1-6(10)4(8)2-5(3)9/h1-2,9-10H. The lowest BCUT2D eigenvalue weighted by molar-refractivity contribution is 0.463. The molecule has 0 aliphatic heterocycles. The maximum Gasteiger partial charge on any atom is 0.140 e. The largest absolute Gasteiger partial charge is 0.507 e. The number of thiol groups is 1. The zero-order valence-electron chi connectivity index (χ0n) is 4.81. The molecule has 0 saturated carbocycles. The van der Waals surface area contributed by atoms with Gasteiger partial charge in [-0.15, -0.1) is 12.6 Å². The van der Waals surface area contributed by atoms with Crippen LogP contribution in [0.15, 0.2) is 21.5 Å². The quantitative estimate of drug-likeness (QED) is 0.647. The molecule has 1 nitrogen and oxygen atoms in total. The lowest BCUT2D eigenvalue weighted by Gasteiger charge is -1.98. The van der Waals surface area contributed by atoms with E-state index in [1.165, 1.54) is 6.07 Å². The molecule has 0 unspecified atom stereocenters. The number of halogens is 2. The average molecular weight is 223 g/mol. The first kappa shape index (κ1) is 7.88. The van der Waals surface area contributed by atoms with Gasteiger partial charge in [-0.1, -0.05) is 0 Å². The van der Waals surface area contributed by atoms with Crippen molar-refractivity contribution in [2.24, 2.45) is 0 Å². The molecule has 0 radical (unpaired) electrons. The summed E-state index contributed by atoms with van der Waals surface area (Å²) in [4.78, 5) is 0.213. The predicted octanol–water partition coefficient (Wildman–Crippen LogP) is 2.58. The number of phenols is 1. The lowest BCUT2D eigenvalue weighted by Crippen LogP contribution is -1.77. The third kappa shape index (κ3) is 1.44. The second-order valence-corrected chi connectivity index (χ2v) is 3.09. The summed E-state index contributed by atoms with van der Waals surface area (Å²) in [5.74, 6) is -0.640. The molecule has 0 aliphatic carbocycles. The highest BCUT2D eigenvalue weighted by Crippen LogP contribution is 2.27. The van der Waals surface area contributed by atoms with Gasteiger partial charge in [0.15, 0.2) is 0 Å². The van der Waals surface area contributed by atoms with Crippen LogP contribution in [-0.2, 0) is 0 Å². The number of benzene rings is 1. The van der Waals surface area contributed by atoms with E-state index in [1.807, 2.05) is 0 Å². The Kier molecular flexibility index (Phi) is 2.21. The fraction of sp³-hybridized carbons (Fsp3) is 0. The van der Waals surface area contributed by atoms with Gasteiger partial charge in [-0.25, -0.2) is 4.39 Å². The molecule has 10 heavy (non-hydrogen) atoms. The topological polar surface area (TPSA) is 20.2 Å². The van der Waals surface area contributed by atoms with Crippen LogP contribution < -0.4 is 0 Å². The molecule has 0 aromatic heterocycles. The van der Waals surface area contributed by atoms with Crippen LogP contribution in [0, 0.1) is 5.82 Å². The number of hydrogen-bond donors (Lipinski definition) is 2. The van der Waals surface area contributed by atoms with Gasteiger partial charge >= 0.3 is 0 Å². The lowest BCUT2D eigenvalue weighted by atomic mass is 10.3. The molecule has 1 rings (SSSR count). The van der Waals surface area contributed by atoms with Crippen LogP contribution in [0.2, 0.25) is 0 Å². The summed E-state index contributed by atoms with van der Waals surface area (Å²) in [6.45, 7) is 0. The van der Waals surface area contributed by atoms with Crippen LogP contribution >= 0.6 is 28.6 Å². The smallest absolute Gasteiger partial charge is 0.140 e. The van der Waals surface area contributed by atoms with Crippen molar-refractivity contribution in [2.45, 2.75) is 4.90 Å². The van der Waals surface area contributed by atoms with Gasteiger partial charge in [0.1, 0.15) is 11.6 Å². The molecule has 1 aromatic rings. The Morgan fingerprint density at radius 3 is 2.60 bits per heavy atom. The summed E-state index contributed by atoms with van der Waals surface area (Å²) in [6, 6.07) is 2.40. The third-order valence-corrected chi connectivity index (χ3v) is 1.99. The van der Waals surface area contributed by atoms with E-state index in [0.717, 1.165) is 6.07 Å². The average Bonchev–Trinajstić information content (AvgIpc) is 1.84. The van der Waals surface area contributed by atoms with Crippen molar-refractivity contribution in [3.05, 3.63) is 22.4 Å². The molecule has 0 spiro atoms. The summed E-state index contributed by atoms with van der Waals surface area (Å²) in [6.07, 6.45) is 0. The Morgan fingerprint density at radius 2 is 2.10 bits per heavy atom. The summed E-state index contributed by atoms with van der Waals surface area (Å²) >= 11 is 6.81. The summed E-state index contributed by atoms with van der Waals surface area (Å²) < 4.78 is 12.9. The Morgan fingerprint density at radius 1 is 1.50 bits per heavy atom. The first-order valence-corrected chi connectivity index (χ1v) is 3.72. The third-order valence-electron chi connectivity index (χ3n) is 1.02. The molecule has 1 aromatic carbocycles. The molecule has 0 fully saturated rings. The number of rotatable bonds is 0. The van der Waals surface area contributed by atoms with E-state index in [4.69, 9.17) is 5.11 Å². The summed E-state index contributed by atoms with van der Waals surface area (Å²) in [5.41, 5.74) is 0. The summed E-state index contributed by atoms with van der Waals surface area (Å²) in [7, 11) is 0. The molecule has 4 heteroatoms. The monoisotopic (exact) mass is 222 g/mol. The van der Waals surface area contributed by atoms with Crippen molar-refractivity contribution in [3.8, 4) is 5.75 Å². The van der Waals surface area contributed by atoms with Gasteiger partial charge in [-0.2, -0.15) is 0 Å². The van der Waals surface area contributed by atoms with Crippen molar-refractivity contribution < 1.29 is 9.50 Å². The van der Waals surface area contributed by atoms with Gasteiger partial charge in [0.25, 0.3) is 0 Å². The first-order chi connectivity index (χ1) is 4.61. The van der Waals surface area contributed by atoms with Gasteiger partial charge in [-0.05, 0) is 22.0 Å². The Hall–Kier alpha value is -0.220. The molecule has 0 atom stereocenters. The van der Waals surface area contributed by atoms with E-state index in [-0.39, 0.29) is 10.6 Å². The molecule has 0 aliphatic rings. The van der Waals surface area contributed by atoms with Crippen molar-refractivity contribution in [3.63, 3.8) is 0 Å². The van der Waals surface area contributed by atoms with Crippen molar-refractivity contribution in [1.82, 2.24) is 0 Å². The minimum Gasteiger partial charge on any atom is -0.507 e. The van der Waals surface area contributed by atoms with Crippen LogP contribution in [0.4, 0.5) is 4.39 Å². The highest BCUT2D eigenvalue weighted by molar-refractivity contribution is 9.10. The Labute approximate surface area is 71.4 Å². The predicted molar refractivity (Wildman–Crippen MR) is 43.0 cm³/mol. The fourth-order valence-electron chi connectivity index (χ4n) is 0.526. The van der Waals surface area contributed by atoms with Crippen LogP contribution in [-0.4, -0.2) is 5.11 Å². The number of hydrogen-bond acceptors (Lipinski definition) is 2. The molecule has 54 valence electrons. The molecule has 0 saturated heterocycles. The van der Waals surface area contributed by atoms with Gasteiger partial charge < -0.3 is 5.11 Å². The fourth-order valence-corrected chi connectivity index (χ4v) is 1.24. The van der Waals surface area contributed by atoms with Crippen LogP contribution in [0.1, 0.15) is 0 Å². The van der Waals surface area contributed by atoms with Crippen molar-refractivity contribution in [2.75, 3.05) is 0 Å². The van der Waals surface area contributed by atoms with E-state index >= 15 is 0 Å². The zero-order chi connectivity index (χ0) is 7.72. The second-order valence-electron chi connectivity index (χ2n) is 1.76. The summed E-state index contributed by atoms with van der Waals surface area (Å²) in [5, 5.41) is 8.90. The van der Waals surface area contributed by atoms with Crippen molar-refractivity contribution >= 4 is 28.6 Å². The van der Waals surface area contributed by atoms with E-state index < -0.39 is 5.82 Å². The van der Waals surface area contributed by atoms with E-state index in [1.54, 1.807) is 0 Å². The maximum absolute atomic E-state index is 12.5. The van der Waals surface area contributed by atoms with E-state index in [2.05, 4.69) is 28.6 Å². The van der Waals surface area contributed by atoms with Crippen LogP contribution in [0.3, 0.4) is 0 Å². The van der Waals surface area contributed by atoms with Gasteiger partial charge in [0, 0.05) is 11.0 Å². The second kappa shape index (κ2) is 2.80. The van der Waals surface area contributed by atoms with Gasteiger partial charge in [0.05, 0.1) is 4.47 Å². The van der Waals surface area contributed by atoms with Gasteiger partial charge in [0.2, 0.25) is 0 Å². The molecule has 0 amide bonds. The molecule has 0 bridgehead atoms.